The largest absolute Gasteiger partial charge is 0.495 e. The molecule has 3 aromatic rings. The van der Waals surface area contributed by atoms with Crippen LogP contribution in [0.15, 0.2) is 71.6 Å². The zero-order chi connectivity index (χ0) is 24.2. The van der Waals surface area contributed by atoms with Gasteiger partial charge in [-0.25, -0.2) is 8.42 Å². The molecule has 0 spiro atoms. The summed E-state index contributed by atoms with van der Waals surface area (Å²) in [5, 5.41) is 3.17. The molecule has 0 saturated heterocycles. The summed E-state index contributed by atoms with van der Waals surface area (Å²) in [6.45, 7) is 5.43. The van der Waals surface area contributed by atoms with Gasteiger partial charge in [0, 0.05) is 0 Å². The summed E-state index contributed by atoms with van der Waals surface area (Å²) in [4.78, 5) is 13.1. The zero-order valence-corrected chi connectivity index (χ0v) is 20.6. The van der Waals surface area contributed by atoms with Crippen molar-refractivity contribution in [3.63, 3.8) is 0 Å². The van der Waals surface area contributed by atoms with Gasteiger partial charge in [0.2, 0.25) is 5.91 Å². The molecule has 0 heterocycles. The maximum absolute atomic E-state index is 13.5. The number of amides is 1. The molecule has 1 atom stereocenters. The van der Waals surface area contributed by atoms with Crippen molar-refractivity contribution in [1.29, 1.82) is 0 Å². The lowest BCUT2D eigenvalue weighted by Gasteiger charge is -2.26. The van der Waals surface area contributed by atoms with Crippen LogP contribution < -0.4 is 14.4 Å². The number of benzene rings is 3. The van der Waals surface area contributed by atoms with Crippen molar-refractivity contribution in [3.8, 4) is 5.75 Å². The topological polar surface area (TPSA) is 75.7 Å². The molecule has 0 aromatic heterocycles. The van der Waals surface area contributed by atoms with E-state index in [1.165, 1.54) is 25.3 Å². The van der Waals surface area contributed by atoms with Gasteiger partial charge in [-0.15, -0.1) is 0 Å². The Morgan fingerprint density at radius 2 is 1.76 bits per heavy atom. The third-order valence-electron chi connectivity index (χ3n) is 5.32. The normalized spacial score (nSPS) is 12.2. The number of anilines is 1. The summed E-state index contributed by atoms with van der Waals surface area (Å²) in [5.41, 5.74) is 3.37. The lowest BCUT2D eigenvalue weighted by atomic mass is 10.00. The molecular weight excluding hydrogens is 460 g/mol. The third kappa shape index (κ3) is 5.67. The van der Waals surface area contributed by atoms with Gasteiger partial charge in [-0.05, 0) is 62.2 Å². The lowest BCUT2D eigenvalue weighted by molar-refractivity contribution is -0.120. The van der Waals surface area contributed by atoms with Crippen LogP contribution in [-0.2, 0) is 14.8 Å². The molecule has 0 bridgehead atoms. The van der Waals surface area contributed by atoms with Crippen molar-refractivity contribution in [2.24, 2.45) is 0 Å². The maximum Gasteiger partial charge on any atom is 0.264 e. The van der Waals surface area contributed by atoms with E-state index in [9.17, 15) is 13.2 Å². The first-order valence-electron chi connectivity index (χ1n) is 10.4. The van der Waals surface area contributed by atoms with E-state index in [0.717, 1.165) is 21.0 Å². The number of nitrogens with one attached hydrogen (secondary N) is 1. The van der Waals surface area contributed by atoms with Gasteiger partial charge in [-0.1, -0.05) is 53.6 Å². The van der Waals surface area contributed by atoms with Gasteiger partial charge >= 0.3 is 0 Å². The number of ether oxygens (including phenoxy) is 1. The first-order chi connectivity index (χ1) is 15.6. The SMILES string of the molecule is COc1ccc(N(CC(=O)NC(C)c2cc(C)ccc2C)S(=O)(=O)c2ccccc2)cc1Cl. The maximum atomic E-state index is 13.5. The summed E-state index contributed by atoms with van der Waals surface area (Å²) >= 11 is 6.26. The fourth-order valence-corrected chi connectivity index (χ4v) is 5.25. The van der Waals surface area contributed by atoms with Crippen molar-refractivity contribution in [3.05, 3.63) is 88.4 Å². The van der Waals surface area contributed by atoms with Crippen LogP contribution in [0.2, 0.25) is 5.02 Å². The molecule has 0 aliphatic rings. The molecule has 3 aromatic carbocycles. The molecule has 0 aliphatic heterocycles. The Hall–Kier alpha value is -3.03. The number of methoxy groups -OCH3 is 1. The Morgan fingerprint density at radius 3 is 2.39 bits per heavy atom. The van der Waals surface area contributed by atoms with E-state index < -0.39 is 22.5 Å². The second-order valence-electron chi connectivity index (χ2n) is 7.79. The van der Waals surface area contributed by atoms with E-state index in [-0.39, 0.29) is 21.6 Å². The van der Waals surface area contributed by atoms with E-state index in [4.69, 9.17) is 16.3 Å². The summed E-state index contributed by atoms with van der Waals surface area (Å²) in [5.74, 6) is -0.0275. The molecule has 6 nitrogen and oxygen atoms in total. The van der Waals surface area contributed by atoms with Gasteiger partial charge in [-0.2, -0.15) is 0 Å². The molecule has 174 valence electrons. The molecule has 1 unspecified atom stereocenters. The number of rotatable bonds is 8. The van der Waals surface area contributed by atoms with Crippen molar-refractivity contribution in [2.45, 2.75) is 31.7 Å². The third-order valence-corrected chi connectivity index (χ3v) is 7.40. The van der Waals surface area contributed by atoms with Crippen molar-refractivity contribution in [2.75, 3.05) is 18.0 Å². The Balaban J connectivity index is 1.93. The summed E-state index contributed by atoms with van der Waals surface area (Å²) in [6.07, 6.45) is 0. The molecule has 33 heavy (non-hydrogen) atoms. The molecule has 0 aliphatic carbocycles. The second-order valence-corrected chi connectivity index (χ2v) is 10.1. The Kier molecular flexibility index (Phi) is 7.66. The predicted molar refractivity (Wildman–Crippen MR) is 131 cm³/mol. The van der Waals surface area contributed by atoms with Gasteiger partial charge in [0.25, 0.3) is 10.0 Å². The Bertz CT molecular complexity index is 1250. The van der Waals surface area contributed by atoms with E-state index >= 15 is 0 Å². The van der Waals surface area contributed by atoms with E-state index in [0.29, 0.717) is 5.75 Å². The minimum absolute atomic E-state index is 0.0762. The molecule has 0 saturated carbocycles. The lowest BCUT2D eigenvalue weighted by Crippen LogP contribution is -2.41. The van der Waals surface area contributed by atoms with Gasteiger partial charge < -0.3 is 10.1 Å². The highest BCUT2D eigenvalue weighted by Crippen LogP contribution is 2.32. The van der Waals surface area contributed by atoms with Crippen LogP contribution in [0.1, 0.15) is 29.7 Å². The summed E-state index contributed by atoms with van der Waals surface area (Å²) in [6, 6.07) is 18.3. The van der Waals surface area contributed by atoms with Crippen molar-refractivity contribution >= 4 is 33.2 Å². The van der Waals surface area contributed by atoms with Gasteiger partial charge in [0.15, 0.2) is 0 Å². The van der Waals surface area contributed by atoms with E-state index in [2.05, 4.69) is 5.32 Å². The molecule has 1 amide bonds. The van der Waals surface area contributed by atoms with Crippen molar-refractivity contribution < 1.29 is 17.9 Å². The predicted octanol–water partition coefficient (Wildman–Crippen LogP) is 5.04. The number of aryl methyl sites for hydroxylation is 2. The fourth-order valence-electron chi connectivity index (χ4n) is 3.57. The number of halogens is 1. The first kappa shape index (κ1) is 24.6. The average molecular weight is 487 g/mol. The number of carbonyl (C=O) groups is 1. The zero-order valence-electron chi connectivity index (χ0n) is 19.0. The number of nitrogens with zero attached hydrogens (tertiary/aromatic N) is 1. The highest BCUT2D eigenvalue weighted by Gasteiger charge is 2.28. The number of sulfonamides is 1. The summed E-state index contributed by atoms with van der Waals surface area (Å²) in [7, 11) is -2.55. The van der Waals surface area contributed by atoms with Crippen molar-refractivity contribution in [1.82, 2.24) is 5.32 Å². The van der Waals surface area contributed by atoms with Gasteiger partial charge in [-0.3, -0.25) is 9.10 Å². The van der Waals surface area contributed by atoms with Crippen LogP contribution in [-0.4, -0.2) is 28.0 Å². The molecular formula is C25H27ClN2O4S. The molecule has 0 fully saturated rings. The number of hydrogen-bond acceptors (Lipinski definition) is 4. The number of carbonyl (C=O) groups excluding carboxylic acids is 1. The van der Waals surface area contributed by atoms with Crippen LogP contribution in [0.25, 0.3) is 0 Å². The molecule has 3 rings (SSSR count). The standard InChI is InChI=1S/C25H27ClN2O4S/c1-17-10-11-18(2)22(14-17)19(3)27-25(29)16-28(20-12-13-24(32-4)23(26)15-20)33(30,31)21-8-6-5-7-9-21/h5-15,19H,16H2,1-4H3,(H,27,29). The van der Waals surface area contributed by atoms with E-state index in [1.54, 1.807) is 30.3 Å². The van der Waals surface area contributed by atoms with Crippen LogP contribution >= 0.6 is 11.6 Å². The minimum atomic E-state index is -4.03. The summed E-state index contributed by atoms with van der Waals surface area (Å²) < 4.78 is 33.1. The van der Waals surface area contributed by atoms with Crippen LogP contribution in [0.4, 0.5) is 5.69 Å². The Labute approximate surface area is 200 Å². The molecule has 1 N–H and O–H groups in total. The Morgan fingerprint density at radius 1 is 1.06 bits per heavy atom. The molecule has 0 radical (unpaired) electrons. The fraction of sp³-hybridized carbons (Fsp3) is 0.240. The average Bonchev–Trinajstić information content (AvgIpc) is 2.79. The van der Waals surface area contributed by atoms with Gasteiger partial charge in [0.1, 0.15) is 12.3 Å². The monoisotopic (exact) mass is 486 g/mol. The quantitative estimate of drug-likeness (QED) is 0.484. The smallest absolute Gasteiger partial charge is 0.264 e. The van der Waals surface area contributed by atoms with Gasteiger partial charge in [0.05, 0.1) is 28.8 Å². The highest BCUT2D eigenvalue weighted by atomic mass is 35.5. The van der Waals surface area contributed by atoms with Crippen LogP contribution in [0.3, 0.4) is 0 Å². The highest BCUT2D eigenvalue weighted by molar-refractivity contribution is 7.92. The number of hydrogen-bond donors (Lipinski definition) is 1. The van der Waals surface area contributed by atoms with Crippen LogP contribution in [0.5, 0.6) is 5.75 Å². The second kappa shape index (κ2) is 10.3. The van der Waals surface area contributed by atoms with E-state index in [1.807, 2.05) is 39.0 Å². The van der Waals surface area contributed by atoms with Crippen LogP contribution in [0, 0.1) is 13.8 Å². The molecule has 8 heteroatoms. The first-order valence-corrected chi connectivity index (χ1v) is 12.2. The minimum Gasteiger partial charge on any atom is -0.495 e.